The molecule has 0 spiro atoms. The Bertz CT molecular complexity index is 1350. The van der Waals surface area contributed by atoms with Gasteiger partial charge in [0.25, 0.3) is 11.5 Å². The first-order chi connectivity index (χ1) is 14.7. The van der Waals surface area contributed by atoms with Crippen molar-refractivity contribution in [1.29, 1.82) is 0 Å². The van der Waals surface area contributed by atoms with Crippen LogP contribution in [-0.2, 0) is 23.0 Å². The minimum atomic E-state index is -3.39. The number of carbonyl (C=O) groups excluding carboxylic acids is 1. The van der Waals surface area contributed by atoms with Gasteiger partial charge in [-0.15, -0.1) is 0 Å². The Hall–Kier alpha value is -3.40. The number of fused-ring (bicyclic) bond motifs is 2. The van der Waals surface area contributed by atoms with Gasteiger partial charge in [0.15, 0.2) is 0 Å². The lowest BCUT2D eigenvalue weighted by atomic mass is 10.1. The molecular weight excluding hydrogens is 418 g/mol. The van der Waals surface area contributed by atoms with Crippen molar-refractivity contribution in [2.75, 3.05) is 16.0 Å². The van der Waals surface area contributed by atoms with E-state index in [0.717, 1.165) is 5.56 Å². The predicted molar refractivity (Wildman–Crippen MR) is 120 cm³/mol. The van der Waals surface area contributed by atoms with E-state index in [9.17, 15) is 18.0 Å². The molecule has 9 nitrogen and oxygen atoms in total. The standard InChI is InChI=1S/C21H23N5O4S/c1-4-25-20(28)16-7-5-6-8-17(16)22-21(25)24-23-19(27)14-9-10-18-15(12-14)11-13(2)26(18)31(3,29)30/h5-10,12-13H,4,11H2,1-3H3,(H,22,24)(H,23,27). The van der Waals surface area contributed by atoms with E-state index in [1.54, 1.807) is 42.5 Å². The Kier molecular flexibility index (Phi) is 5.18. The smallest absolute Gasteiger partial charge is 0.269 e. The van der Waals surface area contributed by atoms with E-state index in [0.29, 0.717) is 35.1 Å². The number of para-hydroxylation sites is 1. The lowest BCUT2D eigenvalue weighted by Gasteiger charge is -2.22. The largest absolute Gasteiger partial charge is 0.277 e. The molecule has 0 saturated heterocycles. The molecule has 0 aliphatic carbocycles. The summed E-state index contributed by atoms with van der Waals surface area (Å²) in [6.07, 6.45) is 1.70. The topological polar surface area (TPSA) is 113 Å². The number of benzene rings is 2. The molecule has 0 bridgehead atoms. The molecule has 2 N–H and O–H groups in total. The number of nitrogens with zero attached hydrogens (tertiary/aromatic N) is 3. The minimum Gasteiger partial charge on any atom is -0.277 e. The summed E-state index contributed by atoms with van der Waals surface area (Å²) >= 11 is 0. The van der Waals surface area contributed by atoms with Crippen LogP contribution in [0.4, 0.5) is 11.6 Å². The van der Waals surface area contributed by atoms with Crippen LogP contribution >= 0.6 is 0 Å². The Labute approximate surface area is 179 Å². The molecule has 1 amide bonds. The van der Waals surface area contributed by atoms with Gasteiger partial charge in [-0.1, -0.05) is 12.1 Å². The molecule has 10 heteroatoms. The first-order valence-electron chi connectivity index (χ1n) is 9.89. The molecule has 1 atom stereocenters. The number of rotatable bonds is 5. The monoisotopic (exact) mass is 441 g/mol. The number of amides is 1. The first kappa shape index (κ1) is 20.9. The maximum Gasteiger partial charge on any atom is 0.269 e. The van der Waals surface area contributed by atoms with Gasteiger partial charge in [0, 0.05) is 18.2 Å². The van der Waals surface area contributed by atoms with Crippen LogP contribution < -0.4 is 20.7 Å². The molecule has 2 aromatic carbocycles. The summed E-state index contributed by atoms with van der Waals surface area (Å²) in [6, 6.07) is 11.7. The second-order valence-electron chi connectivity index (χ2n) is 7.54. The molecule has 1 unspecified atom stereocenters. The number of hydrogen-bond acceptors (Lipinski definition) is 6. The van der Waals surface area contributed by atoms with Crippen molar-refractivity contribution < 1.29 is 13.2 Å². The van der Waals surface area contributed by atoms with E-state index in [2.05, 4.69) is 15.8 Å². The number of nitrogens with one attached hydrogen (secondary N) is 2. The van der Waals surface area contributed by atoms with Gasteiger partial charge in [0.1, 0.15) is 0 Å². The summed E-state index contributed by atoms with van der Waals surface area (Å²) < 4.78 is 27.0. The second-order valence-corrected chi connectivity index (χ2v) is 9.40. The fourth-order valence-electron chi connectivity index (χ4n) is 3.99. The quantitative estimate of drug-likeness (QED) is 0.585. The summed E-state index contributed by atoms with van der Waals surface area (Å²) in [4.78, 5) is 29.8. The number of carbonyl (C=O) groups is 1. The van der Waals surface area contributed by atoms with Crippen molar-refractivity contribution in [3.05, 3.63) is 63.9 Å². The fraction of sp³-hybridized carbons (Fsp3) is 0.286. The first-order valence-corrected chi connectivity index (χ1v) is 11.7. The Balaban J connectivity index is 1.58. The van der Waals surface area contributed by atoms with Gasteiger partial charge in [0.05, 0.1) is 22.8 Å². The Morgan fingerprint density at radius 1 is 1.23 bits per heavy atom. The van der Waals surface area contributed by atoms with Crippen LogP contribution in [-0.4, -0.2) is 36.2 Å². The van der Waals surface area contributed by atoms with Crippen LogP contribution in [0.1, 0.15) is 29.8 Å². The van der Waals surface area contributed by atoms with Crippen LogP contribution in [0.5, 0.6) is 0 Å². The zero-order valence-corrected chi connectivity index (χ0v) is 18.2. The number of hydrazine groups is 1. The number of aromatic nitrogens is 2. The molecule has 3 aromatic rings. The normalized spacial score (nSPS) is 15.7. The second kappa shape index (κ2) is 7.69. The van der Waals surface area contributed by atoms with Crippen molar-refractivity contribution in [1.82, 2.24) is 15.0 Å². The average Bonchev–Trinajstić information content (AvgIpc) is 3.07. The maximum atomic E-state index is 12.7. The zero-order valence-electron chi connectivity index (χ0n) is 17.4. The predicted octanol–water partition coefficient (Wildman–Crippen LogP) is 1.88. The lowest BCUT2D eigenvalue weighted by Crippen LogP contribution is -2.34. The fourth-order valence-corrected chi connectivity index (χ4v) is 5.25. The van der Waals surface area contributed by atoms with Crippen molar-refractivity contribution in [2.45, 2.75) is 32.9 Å². The summed E-state index contributed by atoms with van der Waals surface area (Å²) in [5, 5.41) is 0.504. The van der Waals surface area contributed by atoms with E-state index >= 15 is 0 Å². The molecule has 162 valence electrons. The lowest BCUT2D eigenvalue weighted by molar-refractivity contribution is 0.0962. The molecule has 0 radical (unpaired) electrons. The number of hydrogen-bond donors (Lipinski definition) is 2. The molecule has 1 aromatic heterocycles. The molecule has 1 aliphatic rings. The van der Waals surface area contributed by atoms with E-state index in [4.69, 9.17) is 0 Å². The third kappa shape index (κ3) is 3.74. The van der Waals surface area contributed by atoms with E-state index in [1.807, 2.05) is 13.8 Å². The van der Waals surface area contributed by atoms with E-state index < -0.39 is 15.9 Å². The van der Waals surface area contributed by atoms with Gasteiger partial charge >= 0.3 is 0 Å². The number of anilines is 2. The maximum absolute atomic E-state index is 12.7. The van der Waals surface area contributed by atoms with Gasteiger partial charge in [-0.25, -0.2) is 13.4 Å². The van der Waals surface area contributed by atoms with Crippen LogP contribution in [0.2, 0.25) is 0 Å². The highest BCUT2D eigenvalue weighted by atomic mass is 32.2. The van der Waals surface area contributed by atoms with Crippen molar-refractivity contribution >= 4 is 38.5 Å². The highest BCUT2D eigenvalue weighted by molar-refractivity contribution is 7.92. The Morgan fingerprint density at radius 2 is 1.97 bits per heavy atom. The highest BCUT2D eigenvalue weighted by Crippen LogP contribution is 2.34. The van der Waals surface area contributed by atoms with Crippen molar-refractivity contribution in [3.8, 4) is 0 Å². The summed E-state index contributed by atoms with van der Waals surface area (Å²) in [5.41, 5.74) is 7.43. The highest BCUT2D eigenvalue weighted by Gasteiger charge is 2.32. The Morgan fingerprint density at radius 3 is 2.68 bits per heavy atom. The van der Waals surface area contributed by atoms with E-state index in [-0.39, 0.29) is 17.5 Å². The van der Waals surface area contributed by atoms with Crippen LogP contribution in [0.3, 0.4) is 0 Å². The SMILES string of the molecule is CCn1c(NNC(=O)c2ccc3c(c2)CC(C)N3S(C)(=O)=O)nc2ccccc2c1=O. The van der Waals surface area contributed by atoms with Gasteiger partial charge in [-0.2, -0.15) is 0 Å². The van der Waals surface area contributed by atoms with Crippen molar-refractivity contribution in [2.24, 2.45) is 0 Å². The van der Waals surface area contributed by atoms with Gasteiger partial charge in [-0.3, -0.25) is 29.3 Å². The van der Waals surface area contributed by atoms with E-state index in [1.165, 1.54) is 15.1 Å². The molecule has 31 heavy (non-hydrogen) atoms. The molecule has 0 saturated carbocycles. The minimum absolute atomic E-state index is 0.197. The molecule has 0 fully saturated rings. The molecule has 1 aliphatic heterocycles. The average molecular weight is 442 g/mol. The van der Waals surface area contributed by atoms with Crippen LogP contribution in [0.25, 0.3) is 10.9 Å². The summed E-state index contributed by atoms with van der Waals surface area (Å²) in [7, 11) is -3.39. The molecule has 4 rings (SSSR count). The summed E-state index contributed by atoms with van der Waals surface area (Å²) in [5.74, 6) is -0.184. The summed E-state index contributed by atoms with van der Waals surface area (Å²) in [6.45, 7) is 4.03. The molecular formula is C21H23N5O4S. The third-order valence-corrected chi connectivity index (χ3v) is 6.59. The molecule has 2 heterocycles. The van der Waals surface area contributed by atoms with Crippen LogP contribution in [0, 0.1) is 0 Å². The van der Waals surface area contributed by atoms with Gasteiger partial charge < -0.3 is 0 Å². The van der Waals surface area contributed by atoms with Gasteiger partial charge in [-0.05, 0) is 56.2 Å². The van der Waals surface area contributed by atoms with Crippen molar-refractivity contribution in [3.63, 3.8) is 0 Å². The van der Waals surface area contributed by atoms with Gasteiger partial charge in [0.2, 0.25) is 16.0 Å². The number of sulfonamides is 1. The van der Waals surface area contributed by atoms with Crippen LogP contribution in [0.15, 0.2) is 47.3 Å². The third-order valence-electron chi connectivity index (χ3n) is 5.32. The zero-order chi connectivity index (χ0) is 22.3.